The number of nitrogens with one attached hydrogen (secondary N) is 1. The average Bonchev–Trinajstić information content (AvgIpc) is 2.88. The van der Waals surface area contributed by atoms with Crippen LogP contribution >= 0.6 is 11.6 Å². The first-order valence-corrected chi connectivity index (χ1v) is 6.54. The molecule has 1 aliphatic heterocycles. The Hall–Kier alpha value is -2.20. The van der Waals surface area contributed by atoms with Crippen molar-refractivity contribution >= 4 is 23.2 Å². The van der Waals surface area contributed by atoms with Gasteiger partial charge in [0.2, 0.25) is 5.91 Å². The number of carbonyl (C=O) groups is 1. The van der Waals surface area contributed by atoms with E-state index in [2.05, 4.69) is 5.32 Å². The van der Waals surface area contributed by atoms with Gasteiger partial charge in [-0.3, -0.25) is 4.79 Å². The number of amides is 1. The van der Waals surface area contributed by atoms with E-state index in [-0.39, 0.29) is 22.6 Å². The number of benzene rings is 2. The average molecular weight is 290 g/mol. The van der Waals surface area contributed by atoms with Gasteiger partial charge in [-0.1, -0.05) is 35.9 Å². The van der Waals surface area contributed by atoms with Gasteiger partial charge in [0.15, 0.2) is 5.75 Å². The van der Waals surface area contributed by atoms with Crippen LogP contribution < -0.4 is 10.1 Å². The lowest BCUT2D eigenvalue weighted by Gasteiger charge is -2.12. The molecule has 0 saturated carbocycles. The summed E-state index contributed by atoms with van der Waals surface area (Å²) in [5, 5.41) is 12.7. The minimum absolute atomic E-state index is 0.130. The first-order valence-electron chi connectivity index (χ1n) is 6.17. The van der Waals surface area contributed by atoms with Gasteiger partial charge in [-0.05, 0) is 18.2 Å². The lowest BCUT2D eigenvalue weighted by molar-refractivity contribution is -0.117. The molecule has 1 heterocycles. The summed E-state index contributed by atoms with van der Waals surface area (Å²) < 4.78 is 5.47. The predicted molar refractivity (Wildman–Crippen MR) is 76.4 cm³/mol. The van der Waals surface area contributed by atoms with Crippen LogP contribution in [0.3, 0.4) is 0 Å². The van der Waals surface area contributed by atoms with Gasteiger partial charge in [0.25, 0.3) is 0 Å². The number of halogens is 1. The molecule has 3 rings (SSSR count). The molecule has 2 N–H and O–H groups in total. The highest BCUT2D eigenvalue weighted by molar-refractivity contribution is 6.32. The van der Waals surface area contributed by atoms with Crippen LogP contribution in [0.2, 0.25) is 5.02 Å². The molecular formula is C15H12ClNO3. The maximum Gasteiger partial charge on any atom is 0.235 e. The fourth-order valence-corrected chi connectivity index (χ4v) is 2.39. The van der Waals surface area contributed by atoms with E-state index >= 15 is 0 Å². The van der Waals surface area contributed by atoms with Crippen molar-refractivity contribution in [3.05, 3.63) is 53.1 Å². The molecule has 0 radical (unpaired) electrons. The van der Waals surface area contributed by atoms with Crippen molar-refractivity contribution in [1.82, 2.24) is 0 Å². The topological polar surface area (TPSA) is 58.6 Å². The SMILES string of the molecule is O=C(Nc1cccc(Cl)c1O)C1COc2ccccc21. The van der Waals surface area contributed by atoms with Gasteiger partial charge in [-0.15, -0.1) is 0 Å². The zero-order valence-corrected chi connectivity index (χ0v) is 11.2. The highest BCUT2D eigenvalue weighted by Gasteiger charge is 2.30. The number of phenolic OH excluding ortho intramolecular Hbond substituents is 1. The second-order valence-corrected chi connectivity index (χ2v) is 4.93. The number of hydrogen-bond acceptors (Lipinski definition) is 3. The summed E-state index contributed by atoms with van der Waals surface area (Å²) >= 11 is 5.81. The van der Waals surface area contributed by atoms with Crippen molar-refractivity contribution in [1.29, 1.82) is 0 Å². The maximum atomic E-state index is 12.3. The highest BCUT2D eigenvalue weighted by atomic mass is 35.5. The minimum atomic E-state index is -0.385. The number of ether oxygens (including phenoxy) is 1. The van der Waals surface area contributed by atoms with Gasteiger partial charge in [0.05, 0.1) is 10.7 Å². The van der Waals surface area contributed by atoms with E-state index in [0.717, 1.165) is 11.3 Å². The molecule has 1 amide bonds. The van der Waals surface area contributed by atoms with Gasteiger partial charge < -0.3 is 15.2 Å². The Kier molecular flexibility index (Phi) is 3.24. The first kappa shape index (κ1) is 12.8. The number of phenols is 1. The Morgan fingerprint density at radius 2 is 2.05 bits per heavy atom. The maximum absolute atomic E-state index is 12.3. The van der Waals surface area contributed by atoms with E-state index in [1.807, 2.05) is 24.3 Å². The first-order chi connectivity index (χ1) is 9.66. The summed E-state index contributed by atoms with van der Waals surface area (Å²) in [6, 6.07) is 12.2. The molecule has 0 saturated heterocycles. The van der Waals surface area contributed by atoms with Crippen molar-refractivity contribution in [2.75, 3.05) is 11.9 Å². The number of anilines is 1. The third-order valence-corrected chi connectivity index (χ3v) is 3.57. The monoisotopic (exact) mass is 289 g/mol. The van der Waals surface area contributed by atoms with Crippen LogP contribution in [0, 0.1) is 0 Å². The molecular weight excluding hydrogens is 278 g/mol. The number of aromatic hydroxyl groups is 1. The molecule has 0 aromatic heterocycles. The van der Waals surface area contributed by atoms with Gasteiger partial charge in [-0.2, -0.15) is 0 Å². The highest BCUT2D eigenvalue weighted by Crippen LogP contribution is 2.36. The van der Waals surface area contributed by atoms with Crippen molar-refractivity contribution in [3.63, 3.8) is 0 Å². The number of carbonyl (C=O) groups excluding carboxylic acids is 1. The molecule has 2 aromatic carbocycles. The zero-order valence-electron chi connectivity index (χ0n) is 10.5. The quantitative estimate of drug-likeness (QED) is 0.835. The summed E-state index contributed by atoms with van der Waals surface area (Å²) in [4.78, 5) is 12.3. The molecule has 2 aromatic rings. The van der Waals surface area contributed by atoms with Gasteiger partial charge in [-0.25, -0.2) is 0 Å². The summed E-state index contributed by atoms with van der Waals surface area (Å²) in [7, 11) is 0. The van der Waals surface area contributed by atoms with Crippen molar-refractivity contribution < 1.29 is 14.6 Å². The lowest BCUT2D eigenvalue weighted by atomic mass is 10.0. The Morgan fingerprint density at radius 3 is 2.90 bits per heavy atom. The van der Waals surface area contributed by atoms with E-state index in [0.29, 0.717) is 12.3 Å². The van der Waals surface area contributed by atoms with Crippen LogP contribution in [-0.2, 0) is 4.79 Å². The van der Waals surface area contributed by atoms with Crippen LogP contribution in [0.1, 0.15) is 11.5 Å². The molecule has 0 spiro atoms. The molecule has 5 heteroatoms. The molecule has 0 aliphatic carbocycles. The normalized spacial score (nSPS) is 16.4. The number of hydrogen-bond donors (Lipinski definition) is 2. The predicted octanol–water partition coefficient (Wildman–Crippen LogP) is 3.16. The zero-order chi connectivity index (χ0) is 14.1. The molecule has 102 valence electrons. The Labute approximate surface area is 120 Å². The summed E-state index contributed by atoms with van der Waals surface area (Å²) in [6.07, 6.45) is 0. The second kappa shape index (κ2) is 5.06. The van der Waals surface area contributed by atoms with Crippen LogP contribution in [0.5, 0.6) is 11.5 Å². The molecule has 4 nitrogen and oxygen atoms in total. The van der Waals surface area contributed by atoms with E-state index in [4.69, 9.17) is 16.3 Å². The summed E-state index contributed by atoms with van der Waals surface area (Å²) in [6.45, 7) is 0.298. The largest absolute Gasteiger partial charge is 0.504 e. The molecule has 1 aliphatic rings. The molecule has 20 heavy (non-hydrogen) atoms. The molecule has 1 unspecified atom stereocenters. The Balaban J connectivity index is 1.83. The molecule has 0 fully saturated rings. The van der Waals surface area contributed by atoms with Crippen LogP contribution in [-0.4, -0.2) is 17.6 Å². The van der Waals surface area contributed by atoms with Gasteiger partial charge >= 0.3 is 0 Å². The molecule has 1 atom stereocenters. The van der Waals surface area contributed by atoms with Gasteiger partial charge in [0.1, 0.15) is 18.3 Å². The Bertz CT molecular complexity index is 672. The third-order valence-electron chi connectivity index (χ3n) is 3.26. The van der Waals surface area contributed by atoms with Crippen molar-refractivity contribution in [2.45, 2.75) is 5.92 Å². The summed E-state index contributed by atoms with van der Waals surface area (Å²) in [5.74, 6) is -0.0187. The number of para-hydroxylation sites is 2. The lowest BCUT2D eigenvalue weighted by Crippen LogP contribution is -2.22. The number of rotatable bonds is 2. The smallest absolute Gasteiger partial charge is 0.235 e. The summed E-state index contributed by atoms with van der Waals surface area (Å²) in [5.41, 5.74) is 1.15. The van der Waals surface area contributed by atoms with Crippen molar-refractivity contribution in [3.8, 4) is 11.5 Å². The van der Waals surface area contributed by atoms with E-state index in [9.17, 15) is 9.90 Å². The number of fused-ring (bicyclic) bond motifs is 1. The van der Waals surface area contributed by atoms with Gasteiger partial charge in [0, 0.05) is 5.56 Å². The minimum Gasteiger partial charge on any atom is -0.504 e. The van der Waals surface area contributed by atoms with Crippen LogP contribution in [0.15, 0.2) is 42.5 Å². The third kappa shape index (κ3) is 2.18. The van der Waals surface area contributed by atoms with E-state index in [1.165, 1.54) is 0 Å². The van der Waals surface area contributed by atoms with Crippen LogP contribution in [0.25, 0.3) is 0 Å². The Morgan fingerprint density at radius 1 is 1.25 bits per heavy atom. The standard InChI is InChI=1S/C15H12ClNO3/c16-11-5-3-6-12(14(11)18)17-15(19)10-8-20-13-7-2-1-4-9(10)13/h1-7,10,18H,8H2,(H,17,19). The molecule has 0 bridgehead atoms. The fourth-order valence-electron chi connectivity index (χ4n) is 2.22. The van der Waals surface area contributed by atoms with E-state index < -0.39 is 0 Å². The van der Waals surface area contributed by atoms with Crippen molar-refractivity contribution in [2.24, 2.45) is 0 Å². The second-order valence-electron chi connectivity index (χ2n) is 4.53. The van der Waals surface area contributed by atoms with E-state index in [1.54, 1.807) is 18.2 Å². The fraction of sp³-hybridized carbons (Fsp3) is 0.133. The van der Waals surface area contributed by atoms with Crippen LogP contribution in [0.4, 0.5) is 5.69 Å².